The molecule has 6 heteroatoms. The Balaban J connectivity index is 2.20. The Morgan fingerprint density at radius 1 is 1.60 bits per heavy atom. The molecule has 0 radical (unpaired) electrons. The highest BCUT2D eigenvalue weighted by molar-refractivity contribution is 7.18. The molecule has 4 nitrogen and oxygen atoms in total. The summed E-state index contributed by atoms with van der Waals surface area (Å²) in [6.45, 7) is 0.739. The highest BCUT2D eigenvalue weighted by atomic mass is 32.1. The zero-order chi connectivity index (χ0) is 10.4. The van der Waals surface area contributed by atoms with Crippen LogP contribution in [0.4, 0.5) is 5.69 Å². The van der Waals surface area contributed by atoms with Gasteiger partial charge >= 0.3 is 5.97 Å². The quantitative estimate of drug-likeness (QED) is 0.801. The number of carboxylic acid groups (broad SMARTS) is 1. The van der Waals surface area contributed by atoms with Crippen LogP contribution >= 0.6 is 22.7 Å². The van der Waals surface area contributed by atoms with Crippen molar-refractivity contribution in [2.75, 3.05) is 5.32 Å². The lowest BCUT2D eigenvalue weighted by molar-refractivity contribution is 0.0702. The number of thiazole rings is 1. The van der Waals surface area contributed by atoms with E-state index >= 15 is 0 Å². The van der Waals surface area contributed by atoms with Gasteiger partial charge in [0.2, 0.25) is 0 Å². The lowest BCUT2D eigenvalue weighted by atomic mass is 10.2. The van der Waals surface area contributed by atoms with Crippen molar-refractivity contribution >= 4 is 34.3 Å². The van der Waals surface area contributed by atoms with Gasteiger partial charge in [0.05, 0.1) is 33.2 Å². The maximum atomic E-state index is 10.8. The largest absolute Gasteiger partial charge is 0.477 e. The highest BCUT2D eigenvalue weighted by Crippen LogP contribution is 2.42. The second-order valence-electron chi connectivity index (χ2n) is 3.14. The molecule has 0 spiro atoms. The third-order valence-electron chi connectivity index (χ3n) is 2.24. The summed E-state index contributed by atoms with van der Waals surface area (Å²) in [4.78, 5) is 17.6. The van der Waals surface area contributed by atoms with Crippen molar-refractivity contribution < 1.29 is 9.90 Å². The molecule has 0 atom stereocenters. The molecule has 3 heterocycles. The summed E-state index contributed by atoms with van der Waals surface area (Å²) < 4.78 is 0. The Kier molecular flexibility index (Phi) is 1.80. The summed E-state index contributed by atoms with van der Waals surface area (Å²) in [7, 11) is 0. The smallest absolute Gasteiger partial charge is 0.345 e. The van der Waals surface area contributed by atoms with E-state index in [2.05, 4.69) is 10.3 Å². The minimum absolute atomic E-state index is 0.355. The number of carboxylic acids is 1. The predicted octanol–water partition coefficient (Wildman–Crippen LogP) is 2.50. The van der Waals surface area contributed by atoms with Gasteiger partial charge in [-0.2, -0.15) is 0 Å². The summed E-state index contributed by atoms with van der Waals surface area (Å²) in [5.41, 5.74) is 3.61. The fourth-order valence-electron chi connectivity index (χ4n) is 1.56. The number of rotatable bonds is 1. The molecule has 0 bridgehead atoms. The zero-order valence-corrected chi connectivity index (χ0v) is 9.11. The summed E-state index contributed by atoms with van der Waals surface area (Å²) >= 11 is 2.87. The minimum atomic E-state index is -0.882. The van der Waals surface area contributed by atoms with E-state index in [0.717, 1.165) is 22.8 Å². The van der Waals surface area contributed by atoms with Gasteiger partial charge in [-0.25, -0.2) is 9.78 Å². The van der Waals surface area contributed by atoms with Gasteiger partial charge in [-0.3, -0.25) is 0 Å². The molecule has 2 N–H and O–H groups in total. The second kappa shape index (κ2) is 3.04. The van der Waals surface area contributed by atoms with E-state index in [9.17, 15) is 4.79 Å². The molecule has 0 amide bonds. The van der Waals surface area contributed by atoms with Crippen LogP contribution in [-0.4, -0.2) is 16.1 Å². The van der Waals surface area contributed by atoms with Crippen LogP contribution in [0.15, 0.2) is 11.6 Å². The third-order valence-corrected chi connectivity index (χ3v) is 4.20. The Hall–Kier alpha value is -1.40. The Labute approximate surface area is 93.2 Å². The van der Waals surface area contributed by atoms with Gasteiger partial charge < -0.3 is 10.4 Å². The number of nitrogens with zero attached hydrogens (tertiary/aromatic N) is 1. The molecule has 15 heavy (non-hydrogen) atoms. The molecule has 2 aromatic rings. The first-order valence-corrected chi connectivity index (χ1v) is 5.99. The van der Waals surface area contributed by atoms with E-state index in [1.54, 1.807) is 22.9 Å². The van der Waals surface area contributed by atoms with Crippen molar-refractivity contribution in [2.45, 2.75) is 6.54 Å². The van der Waals surface area contributed by atoms with Crippen LogP contribution in [0.3, 0.4) is 0 Å². The van der Waals surface area contributed by atoms with E-state index in [0.29, 0.717) is 4.88 Å². The molecular weight excluding hydrogens is 232 g/mol. The van der Waals surface area contributed by atoms with Gasteiger partial charge in [-0.1, -0.05) is 0 Å². The molecule has 0 aliphatic carbocycles. The van der Waals surface area contributed by atoms with Crippen LogP contribution in [0, 0.1) is 0 Å². The Morgan fingerprint density at radius 2 is 2.47 bits per heavy atom. The normalized spacial score (nSPS) is 12.8. The third kappa shape index (κ3) is 1.25. The van der Waals surface area contributed by atoms with E-state index in [1.165, 1.54) is 16.2 Å². The average molecular weight is 238 g/mol. The maximum absolute atomic E-state index is 10.8. The SMILES string of the molecule is O=C(O)c1cc2c(s1)-c1ncsc1CN2. The van der Waals surface area contributed by atoms with Crippen molar-refractivity contribution in [1.82, 2.24) is 4.98 Å². The van der Waals surface area contributed by atoms with Crippen molar-refractivity contribution in [1.29, 1.82) is 0 Å². The van der Waals surface area contributed by atoms with Gasteiger partial charge in [0.1, 0.15) is 4.88 Å². The first-order chi connectivity index (χ1) is 7.25. The number of anilines is 1. The van der Waals surface area contributed by atoms with Gasteiger partial charge in [0, 0.05) is 0 Å². The maximum Gasteiger partial charge on any atom is 0.345 e. The van der Waals surface area contributed by atoms with Gasteiger partial charge in [-0.15, -0.1) is 22.7 Å². The summed E-state index contributed by atoms with van der Waals surface area (Å²) in [5, 5.41) is 12.1. The molecule has 2 aromatic heterocycles. The van der Waals surface area contributed by atoms with E-state index in [1.807, 2.05) is 0 Å². The van der Waals surface area contributed by atoms with Crippen LogP contribution in [0.5, 0.6) is 0 Å². The summed E-state index contributed by atoms with van der Waals surface area (Å²) in [6.07, 6.45) is 0. The standard InChI is InChI=1S/C9H6N2O2S2/c12-9(13)5-1-4-8(15-5)7-6(2-10-4)14-3-11-7/h1,3,10H,2H2,(H,12,13). The van der Waals surface area contributed by atoms with Crippen LogP contribution in [-0.2, 0) is 6.54 Å². The van der Waals surface area contributed by atoms with Crippen LogP contribution in [0.1, 0.15) is 14.5 Å². The molecule has 1 aliphatic rings. The molecule has 0 saturated carbocycles. The molecule has 76 valence electrons. The minimum Gasteiger partial charge on any atom is -0.477 e. The fourth-order valence-corrected chi connectivity index (χ4v) is 3.33. The number of thiophene rings is 1. The number of hydrogen-bond donors (Lipinski definition) is 2. The molecule has 3 rings (SSSR count). The lowest BCUT2D eigenvalue weighted by Gasteiger charge is -2.12. The van der Waals surface area contributed by atoms with Crippen LogP contribution in [0.25, 0.3) is 10.6 Å². The van der Waals surface area contributed by atoms with E-state index in [-0.39, 0.29) is 0 Å². The fraction of sp³-hybridized carbons (Fsp3) is 0.111. The van der Waals surface area contributed by atoms with Gasteiger partial charge in [0.25, 0.3) is 0 Å². The molecule has 0 saturated heterocycles. The number of carbonyl (C=O) groups is 1. The average Bonchev–Trinajstić information content (AvgIpc) is 2.82. The Bertz CT molecular complexity index is 544. The highest BCUT2D eigenvalue weighted by Gasteiger charge is 2.22. The summed E-state index contributed by atoms with van der Waals surface area (Å²) in [6, 6.07) is 1.67. The number of aromatic carboxylic acids is 1. The predicted molar refractivity (Wildman–Crippen MR) is 59.7 cm³/mol. The second-order valence-corrected chi connectivity index (χ2v) is 5.13. The number of hydrogen-bond acceptors (Lipinski definition) is 5. The van der Waals surface area contributed by atoms with E-state index in [4.69, 9.17) is 5.11 Å². The number of aromatic nitrogens is 1. The first kappa shape index (κ1) is 8.87. The van der Waals surface area contributed by atoms with Crippen molar-refractivity contribution in [3.63, 3.8) is 0 Å². The molecule has 0 fully saturated rings. The Morgan fingerprint density at radius 3 is 3.27 bits per heavy atom. The molecule has 0 unspecified atom stereocenters. The summed E-state index contributed by atoms with van der Waals surface area (Å²) in [5.74, 6) is -0.882. The van der Waals surface area contributed by atoms with Crippen LogP contribution < -0.4 is 5.32 Å². The zero-order valence-electron chi connectivity index (χ0n) is 7.48. The van der Waals surface area contributed by atoms with Gasteiger partial charge in [0.15, 0.2) is 0 Å². The first-order valence-electron chi connectivity index (χ1n) is 4.29. The number of fused-ring (bicyclic) bond motifs is 3. The van der Waals surface area contributed by atoms with Crippen LogP contribution in [0.2, 0.25) is 0 Å². The van der Waals surface area contributed by atoms with Gasteiger partial charge in [-0.05, 0) is 6.07 Å². The topological polar surface area (TPSA) is 62.2 Å². The van der Waals surface area contributed by atoms with E-state index < -0.39 is 5.97 Å². The van der Waals surface area contributed by atoms with Crippen molar-refractivity contribution in [3.8, 4) is 10.6 Å². The lowest BCUT2D eigenvalue weighted by Crippen LogP contribution is -2.03. The monoisotopic (exact) mass is 238 g/mol. The van der Waals surface area contributed by atoms with Crippen molar-refractivity contribution in [2.24, 2.45) is 0 Å². The molecule has 1 aliphatic heterocycles. The van der Waals surface area contributed by atoms with Crippen molar-refractivity contribution in [3.05, 3.63) is 21.3 Å². The molecular formula is C9H6N2O2S2. The number of nitrogens with one attached hydrogen (secondary N) is 1. The molecule has 0 aromatic carbocycles.